The van der Waals surface area contributed by atoms with E-state index in [2.05, 4.69) is 4.99 Å². The molecule has 0 fully saturated rings. The van der Waals surface area contributed by atoms with Gasteiger partial charge in [-0.1, -0.05) is 13.8 Å². The van der Waals surface area contributed by atoms with Crippen molar-refractivity contribution >= 4 is 18.1 Å². The van der Waals surface area contributed by atoms with E-state index in [0.29, 0.717) is 0 Å². The Bertz CT molecular complexity index is 172. The molecule has 0 heterocycles. The molecule has 0 saturated heterocycles. The molecule has 0 aromatic rings. The Labute approximate surface area is 58.6 Å². The first-order chi connectivity index (χ1) is 4.59. The van der Waals surface area contributed by atoms with Gasteiger partial charge in [-0.25, -0.2) is 9.79 Å². The van der Waals surface area contributed by atoms with Gasteiger partial charge in [0.2, 0.25) is 0 Å². The number of hydrogen-bond acceptors (Lipinski definition) is 2. The number of hydrogen-bond donors (Lipinski definition) is 1. The summed E-state index contributed by atoms with van der Waals surface area (Å²) in [4.78, 5) is 22.9. The first-order valence-electron chi connectivity index (χ1n) is 2.77. The maximum absolute atomic E-state index is 10.2. The Balaban J connectivity index is 4.41. The van der Waals surface area contributed by atoms with E-state index < -0.39 is 5.97 Å². The van der Waals surface area contributed by atoms with Crippen molar-refractivity contribution in [3.05, 3.63) is 0 Å². The molecule has 1 amide bonds. The third-order valence-corrected chi connectivity index (χ3v) is 0.932. The number of carboxylic acid groups (broad SMARTS) is 1. The van der Waals surface area contributed by atoms with Crippen molar-refractivity contribution in [2.45, 2.75) is 13.8 Å². The molecule has 0 bridgehead atoms. The second-order valence-electron chi connectivity index (χ2n) is 2.05. The van der Waals surface area contributed by atoms with E-state index in [1.165, 1.54) is 6.41 Å². The van der Waals surface area contributed by atoms with E-state index in [-0.39, 0.29) is 11.6 Å². The lowest BCUT2D eigenvalue weighted by Crippen LogP contribution is -2.19. The van der Waals surface area contributed by atoms with Crippen LogP contribution in [0.2, 0.25) is 0 Å². The second kappa shape index (κ2) is 3.76. The monoisotopic (exact) mass is 142 g/mol. The smallest absolute Gasteiger partial charge is 0.350 e. The molecule has 0 spiro atoms. The summed E-state index contributed by atoms with van der Waals surface area (Å²) in [5.74, 6) is -1.42. The topological polar surface area (TPSA) is 66.7 Å². The van der Waals surface area contributed by atoms with E-state index in [0.717, 1.165) is 0 Å². The highest BCUT2D eigenvalue weighted by Gasteiger charge is 2.12. The third kappa shape index (κ3) is 2.39. The zero-order chi connectivity index (χ0) is 8.15. The zero-order valence-electron chi connectivity index (χ0n) is 5.79. The van der Waals surface area contributed by atoms with Gasteiger partial charge in [-0.3, -0.25) is 4.79 Å². The van der Waals surface area contributed by atoms with E-state index in [1.54, 1.807) is 13.8 Å². The minimum Gasteiger partial charge on any atom is -0.477 e. The van der Waals surface area contributed by atoms with Crippen molar-refractivity contribution in [2.75, 3.05) is 0 Å². The predicted octanol–water partition coefficient (Wildman–Crippen LogP) is 0.235. The molecule has 1 radical (unpaired) electrons. The largest absolute Gasteiger partial charge is 0.477 e. The molecular formula is C6H8NO3. The molecule has 0 atom stereocenters. The minimum atomic E-state index is -1.17. The van der Waals surface area contributed by atoms with Crippen LogP contribution in [0.25, 0.3) is 0 Å². The summed E-state index contributed by atoms with van der Waals surface area (Å²) in [6, 6.07) is 0. The van der Waals surface area contributed by atoms with Crippen molar-refractivity contribution < 1.29 is 14.7 Å². The van der Waals surface area contributed by atoms with Crippen LogP contribution in [0.3, 0.4) is 0 Å². The number of aliphatic carboxylic acids is 1. The fourth-order valence-electron chi connectivity index (χ4n) is 0.473. The Hall–Kier alpha value is -1.19. The maximum atomic E-state index is 10.2. The van der Waals surface area contributed by atoms with Crippen LogP contribution in [0.4, 0.5) is 0 Å². The molecular weight excluding hydrogens is 134 g/mol. The Kier molecular flexibility index (Phi) is 3.32. The summed E-state index contributed by atoms with van der Waals surface area (Å²) in [7, 11) is 0. The average Bonchev–Trinajstić information content (AvgIpc) is 1.81. The number of rotatable bonds is 3. The average molecular weight is 142 g/mol. The molecule has 0 rings (SSSR count). The molecule has 10 heavy (non-hydrogen) atoms. The summed E-state index contributed by atoms with van der Waals surface area (Å²) in [6.07, 6.45) is 1.19. The van der Waals surface area contributed by atoms with Crippen LogP contribution in [0.5, 0.6) is 0 Å². The molecule has 1 N–H and O–H groups in total. The summed E-state index contributed by atoms with van der Waals surface area (Å²) in [6.45, 7) is 3.29. The zero-order valence-corrected chi connectivity index (χ0v) is 5.79. The molecule has 0 aliphatic carbocycles. The van der Waals surface area contributed by atoms with Gasteiger partial charge < -0.3 is 5.11 Å². The van der Waals surface area contributed by atoms with Crippen LogP contribution in [0.1, 0.15) is 13.8 Å². The lowest BCUT2D eigenvalue weighted by Gasteiger charge is -2.00. The normalized spacial score (nSPS) is 11.7. The van der Waals surface area contributed by atoms with Gasteiger partial charge in [0.15, 0.2) is 0 Å². The van der Waals surface area contributed by atoms with Gasteiger partial charge >= 0.3 is 12.4 Å². The number of aliphatic imine (C=N–C) groups is 1. The fourth-order valence-corrected chi connectivity index (χ4v) is 0.473. The van der Waals surface area contributed by atoms with E-state index in [1.807, 2.05) is 0 Å². The number of nitrogens with zero attached hydrogens (tertiary/aromatic N) is 1. The summed E-state index contributed by atoms with van der Waals surface area (Å²) < 4.78 is 0. The highest BCUT2D eigenvalue weighted by molar-refractivity contribution is 6.37. The Morgan fingerprint density at radius 3 is 2.20 bits per heavy atom. The summed E-state index contributed by atoms with van der Waals surface area (Å²) in [5, 5.41) is 8.37. The molecule has 4 nitrogen and oxygen atoms in total. The second-order valence-corrected chi connectivity index (χ2v) is 2.05. The Morgan fingerprint density at radius 2 is 2.10 bits per heavy atom. The lowest BCUT2D eigenvalue weighted by molar-refractivity contribution is -0.129. The van der Waals surface area contributed by atoms with Crippen LogP contribution in [0, 0.1) is 5.92 Å². The molecule has 0 aliphatic rings. The molecule has 0 unspecified atom stereocenters. The van der Waals surface area contributed by atoms with Gasteiger partial charge in [0.05, 0.1) is 0 Å². The summed E-state index contributed by atoms with van der Waals surface area (Å²) in [5.41, 5.74) is -0.157. The first-order valence-corrected chi connectivity index (χ1v) is 2.77. The van der Waals surface area contributed by atoms with E-state index >= 15 is 0 Å². The van der Waals surface area contributed by atoms with Gasteiger partial charge in [-0.15, -0.1) is 0 Å². The minimum absolute atomic E-state index is 0.157. The summed E-state index contributed by atoms with van der Waals surface area (Å²) >= 11 is 0. The third-order valence-electron chi connectivity index (χ3n) is 0.932. The van der Waals surface area contributed by atoms with Gasteiger partial charge in [0.1, 0.15) is 5.71 Å². The van der Waals surface area contributed by atoms with Crippen molar-refractivity contribution in [3.8, 4) is 0 Å². The highest BCUT2D eigenvalue weighted by atomic mass is 16.4. The SMILES string of the molecule is CC(C)C(=N[C]=O)C(=O)O. The molecule has 4 heteroatoms. The molecule has 55 valence electrons. The fraction of sp³-hybridized carbons (Fsp3) is 0.500. The van der Waals surface area contributed by atoms with Gasteiger partial charge in [-0.05, 0) is 0 Å². The number of carbonyl (C=O) groups excluding carboxylic acids is 1. The van der Waals surface area contributed by atoms with E-state index in [4.69, 9.17) is 5.11 Å². The van der Waals surface area contributed by atoms with Crippen molar-refractivity contribution in [3.63, 3.8) is 0 Å². The molecule has 0 aromatic carbocycles. The number of amides is 1. The Morgan fingerprint density at radius 1 is 1.60 bits per heavy atom. The number of carbonyl (C=O) groups is 1. The van der Waals surface area contributed by atoms with Crippen molar-refractivity contribution in [1.29, 1.82) is 0 Å². The molecule has 0 saturated carbocycles. The first kappa shape index (κ1) is 8.81. The van der Waals surface area contributed by atoms with Crippen LogP contribution in [0.15, 0.2) is 4.99 Å². The standard InChI is InChI=1S/C6H8NO3/c1-4(2)5(6(9)10)7-3-8/h4H,1-2H3,(H,9,10). The number of carboxylic acids is 1. The molecule has 0 aromatic heterocycles. The van der Waals surface area contributed by atoms with Gasteiger partial charge in [0.25, 0.3) is 0 Å². The van der Waals surface area contributed by atoms with Crippen LogP contribution in [-0.4, -0.2) is 23.2 Å². The van der Waals surface area contributed by atoms with E-state index in [9.17, 15) is 9.59 Å². The lowest BCUT2D eigenvalue weighted by atomic mass is 10.1. The van der Waals surface area contributed by atoms with Crippen molar-refractivity contribution in [2.24, 2.45) is 10.9 Å². The maximum Gasteiger partial charge on any atom is 0.350 e. The molecule has 0 aliphatic heterocycles. The van der Waals surface area contributed by atoms with Gasteiger partial charge in [-0.2, -0.15) is 0 Å². The van der Waals surface area contributed by atoms with Crippen LogP contribution < -0.4 is 0 Å². The van der Waals surface area contributed by atoms with Crippen molar-refractivity contribution in [1.82, 2.24) is 0 Å². The van der Waals surface area contributed by atoms with Crippen LogP contribution >= 0.6 is 0 Å². The quantitative estimate of drug-likeness (QED) is 0.574. The van der Waals surface area contributed by atoms with Crippen LogP contribution in [-0.2, 0) is 9.59 Å². The highest BCUT2D eigenvalue weighted by Crippen LogP contribution is 1.95. The van der Waals surface area contributed by atoms with Gasteiger partial charge in [0, 0.05) is 5.92 Å². The predicted molar refractivity (Wildman–Crippen MR) is 35.6 cm³/mol.